The first kappa shape index (κ1) is 13.9. The van der Waals surface area contributed by atoms with Crippen LogP contribution in [0.5, 0.6) is 5.75 Å². The van der Waals surface area contributed by atoms with E-state index >= 15 is 0 Å². The Bertz CT molecular complexity index is 660. The number of rotatable bonds is 3. The number of hydrogen-bond donors (Lipinski definition) is 1. The first-order chi connectivity index (χ1) is 10.3. The van der Waals surface area contributed by atoms with E-state index in [4.69, 9.17) is 4.74 Å². The molecule has 108 valence electrons. The predicted octanol–water partition coefficient (Wildman–Crippen LogP) is 3.06. The van der Waals surface area contributed by atoms with Gasteiger partial charge >= 0.3 is 0 Å². The number of fused-ring (bicyclic) bond motifs is 1. The quantitative estimate of drug-likeness (QED) is 0.885. The van der Waals surface area contributed by atoms with Crippen molar-refractivity contribution < 1.29 is 9.53 Å². The van der Waals surface area contributed by atoms with Crippen molar-refractivity contribution in [2.75, 3.05) is 12.9 Å². The number of hydrogen-bond acceptors (Lipinski definition) is 4. The highest BCUT2D eigenvalue weighted by atomic mass is 32.2. The van der Waals surface area contributed by atoms with Gasteiger partial charge in [-0.05, 0) is 24.5 Å². The van der Waals surface area contributed by atoms with E-state index in [1.165, 1.54) is 11.8 Å². The summed E-state index contributed by atoms with van der Waals surface area (Å²) in [6.45, 7) is 0.615. The lowest BCUT2D eigenvalue weighted by Gasteiger charge is -2.26. The summed E-state index contributed by atoms with van der Waals surface area (Å²) in [5.74, 6) is 0.763. The molecule has 2 heterocycles. The lowest BCUT2D eigenvalue weighted by Crippen LogP contribution is -2.32. The lowest BCUT2D eigenvalue weighted by atomic mass is 10.0. The molecule has 0 aliphatic carbocycles. The zero-order valence-corrected chi connectivity index (χ0v) is 12.5. The van der Waals surface area contributed by atoms with Crippen molar-refractivity contribution >= 4 is 17.7 Å². The summed E-state index contributed by atoms with van der Waals surface area (Å²) in [6, 6.07) is 11.4. The largest absolute Gasteiger partial charge is 0.493 e. The Kier molecular flexibility index (Phi) is 4.10. The summed E-state index contributed by atoms with van der Waals surface area (Å²) >= 11 is 1.47. The lowest BCUT2D eigenvalue weighted by molar-refractivity contribution is 0.0921. The Morgan fingerprint density at radius 1 is 1.33 bits per heavy atom. The first-order valence-corrected chi connectivity index (χ1v) is 8.03. The zero-order valence-electron chi connectivity index (χ0n) is 11.7. The Labute approximate surface area is 127 Å². The minimum Gasteiger partial charge on any atom is -0.493 e. The van der Waals surface area contributed by atoms with Crippen LogP contribution in [-0.2, 0) is 0 Å². The molecule has 4 nitrogen and oxygen atoms in total. The van der Waals surface area contributed by atoms with Crippen LogP contribution in [0, 0.1) is 0 Å². The summed E-state index contributed by atoms with van der Waals surface area (Å²) in [6.07, 6.45) is 4.40. The van der Waals surface area contributed by atoms with Gasteiger partial charge in [-0.25, -0.2) is 4.98 Å². The van der Waals surface area contributed by atoms with Crippen LogP contribution in [0.25, 0.3) is 0 Å². The topological polar surface area (TPSA) is 51.2 Å². The van der Waals surface area contributed by atoms with Crippen LogP contribution >= 0.6 is 11.8 Å². The molecular formula is C16H16N2O2S. The smallest absolute Gasteiger partial charge is 0.254 e. The van der Waals surface area contributed by atoms with Gasteiger partial charge in [-0.1, -0.05) is 18.2 Å². The molecule has 0 bridgehead atoms. The minimum absolute atomic E-state index is 0.0163. The number of para-hydroxylation sites is 1. The fraction of sp³-hybridized carbons (Fsp3) is 0.250. The third kappa shape index (κ3) is 2.88. The highest BCUT2D eigenvalue weighted by Gasteiger charge is 2.24. The molecule has 0 radical (unpaired) electrons. The molecule has 0 fully saturated rings. The number of thioether (sulfide) groups is 1. The van der Waals surface area contributed by atoms with Crippen molar-refractivity contribution in [3.8, 4) is 5.75 Å². The van der Waals surface area contributed by atoms with E-state index in [1.807, 2.05) is 30.5 Å². The maximum Gasteiger partial charge on any atom is 0.254 e. The van der Waals surface area contributed by atoms with Gasteiger partial charge in [0, 0.05) is 18.2 Å². The van der Waals surface area contributed by atoms with Crippen LogP contribution in [0.2, 0.25) is 0 Å². The Morgan fingerprint density at radius 2 is 2.19 bits per heavy atom. The zero-order chi connectivity index (χ0) is 14.7. The van der Waals surface area contributed by atoms with Gasteiger partial charge < -0.3 is 10.1 Å². The highest BCUT2D eigenvalue weighted by molar-refractivity contribution is 7.98. The third-order valence-corrected chi connectivity index (χ3v) is 4.18. The second kappa shape index (κ2) is 6.18. The van der Waals surface area contributed by atoms with E-state index in [1.54, 1.807) is 18.3 Å². The molecule has 0 saturated heterocycles. The minimum atomic E-state index is -0.0887. The average Bonchev–Trinajstić information content (AvgIpc) is 2.55. The van der Waals surface area contributed by atoms with E-state index in [-0.39, 0.29) is 11.9 Å². The van der Waals surface area contributed by atoms with Gasteiger partial charge in [0.1, 0.15) is 10.8 Å². The van der Waals surface area contributed by atoms with E-state index < -0.39 is 0 Å². The molecule has 1 aromatic heterocycles. The standard InChI is InChI=1S/C16H16N2O2S/c1-21-16-12(6-4-9-17-16)15(19)18-13-8-10-20-14-7-3-2-5-11(13)14/h2-7,9,13H,8,10H2,1H3,(H,18,19). The van der Waals surface area contributed by atoms with Gasteiger partial charge in [0.25, 0.3) is 5.91 Å². The number of nitrogens with zero attached hydrogens (tertiary/aromatic N) is 1. The number of aromatic nitrogens is 1. The Balaban J connectivity index is 1.83. The van der Waals surface area contributed by atoms with E-state index in [0.29, 0.717) is 12.2 Å². The van der Waals surface area contributed by atoms with Crippen molar-refractivity contribution in [3.63, 3.8) is 0 Å². The molecule has 1 aromatic carbocycles. The Hall–Kier alpha value is -2.01. The van der Waals surface area contributed by atoms with Crippen LogP contribution in [0.4, 0.5) is 0 Å². The van der Waals surface area contributed by atoms with Gasteiger partial charge in [-0.15, -0.1) is 11.8 Å². The normalized spacial score (nSPS) is 16.7. The number of ether oxygens (including phenoxy) is 1. The second-order valence-electron chi connectivity index (χ2n) is 4.76. The maximum atomic E-state index is 12.5. The van der Waals surface area contributed by atoms with E-state index in [9.17, 15) is 4.79 Å². The van der Waals surface area contributed by atoms with Crippen molar-refractivity contribution in [1.82, 2.24) is 10.3 Å². The molecule has 21 heavy (non-hydrogen) atoms. The number of pyridine rings is 1. The van der Waals surface area contributed by atoms with Gasteiger partial charge in [0.2, 0.25) is 0 Å². The maximum absolute atomic E-state index is 12.5. The SMILES string of the molecule is CSc1ncccc1C(=O)NC1CCOc2ccccc21. The molecule has 1 aliphatic heterocycles. The number of nitrogens with one attached hydrogen (secondary N) is 1. The molecule has 1 N–H and O–H groups in total. The van der Waals surface area contributed by atoms with Gasteiger partial charge in [0.15, 0.2) is 0 Å². The third-order valence-electron chi connectivity index (χ3n) is 3.47. The van der Waals surface area contributed by atoms with E-state index in [0.717, 1.165) is 22.8 Å². The number of amides is 1. The van der Waals surface area contributed by atoms with Gasteiger partial charge in [-0.2, -0.15) is 0 Å². The van der Waals surface area contributed by atoms with Crippen LogP contribution in [0.1, 0.15) is 28.4 Å². The van der Waals surface area contributed by atoms with Gasteiger partial charge in [0.05, 0.1) is 18.2 Å². The summed E-state index contributed by atoms with van der Waals surface area (Å²) in [5.41, 5.74) is 1.65. The predicted molar refractivity (Wildman–Crippen MR) is 82.8 cm³/mol. The monoisotopic (exact) mass is 300 g/mol. The average molecular weight is 300 g/mol. The van der Waals surface area contributed by atoms with Crippen LogP contribution in [0.15, 0.2) is 47.6 Å². The molecule has 1 unspecified atom stereocenters. The van der Waals surface area contributed by atoms with Crippen molar-refractivity contribution in [1.29, 1.82) is 0 Å². The van der Waals surface area contributed by atoms with Crippen molar-refractivity contribution in [2.45, 2.75) is 17.5 Å². The number of carbonyl (C=O) groups excluding carboxylic acids is 1. The van der Waals surface area contributed by atoms with Crippen LogP contribution in [-0.4, -0.2) is 23.8 Å². The molecule has 0 spiro atoms. The van der Waals surface area contributed by atoms with Gasteiger partial charge in [-0.3, -0.25) is 4.79 Å². The first-order valence-electron chi connectivity index (χ1n) is 6.81. The van der Waals surface area contributed by atoms with Crippen molar-refractivity contribution in [3.05, 3.63) is 53.7 Å². The van der Waals surface area contributed by atoms with E-state index in [2.05, 4.69) is 10.3 Å². The molecule has 5 heteroatoms. The van der Waals surface area contributed by atoms with Crippen LogP contribution < -0.4 is 10.1 Å². The molecule has 0 saturated carbocycles. The number of benzene rings is 1. The second-order valence-corrected chi connectivity index (χ2v) is 5.56. The van der Waals surface area contributed by atoms with Crippen molar-refractivity contribution in [2.24, 2.45) is 0 Å². The summed E-state index contributed by atoms with van der Waals surface area (Å²) in [7, 11) is 0. The molecule has 1 amide bonds. The molecular weight excluding hydrogens is 284 g/mol. The Morgan fingerprint density at radius 3 is 3.05 bits per heavy atom. The fourth-order valence-electron chi connectivity index (χ4n) is 2.45. The molecule has 3 rings (SSSR count). The molecule has 1 aliphatic rings. The summed E-state index contributed by atoms with van der Waals surface area (Å²) < 4.78 is 5.62. The fourth-order valence-corrected chi connectivity index (χ4v) is 3.00. The summed E-state index contributed by atoms with van der Waals surface area (Å²) in [4.78, 5) is 16.7. The van der Waals surface area contributed by atoms with Crippen LogP contribution in [0.3, 0.4) is 0 Å². The molecule has 2 aromatic rings. The summed E-state index contributed by atoms with van der Waals surface area (Å²) in [5, 5.41) is 3.84. The number of carbonyl (C=O) groups is 1. The highest BCUT2D eigenvalue weighted by Crippen LogP contribution is 2.32. The molecule has 1 atom stereocenters.